The fraction of sp³-hybridized carbons (Fsp3) is 1.00. The van der Waals surface area contributed by atoms with Gasteiger partial charge in [0.2, 0.25) is 0 Å². The summed E-state index contributed by atoms with van der Waals surface area (Å²) in [5.41, 5.74) is 4.85. The van der Waals surface area contributed by atoms with Gasteiger partial charge in [-0.15, -0.1) is 0 Å². The Morgan fingerprint density at radius 2 is 1.00 bits per heavy atom. The number of rotatable bonds is 9. The Bertz CT molecular complexity index is 142. The van der Waals surface area contributed by atoms with Crippen molar-refractivity contribution in [3.8, 4) is 0 Å². The molecule has 0 fully saturated rings. The Labute approximate surface area is 175 Å². The van der Waals surface area contributed by atoms with Crippen LogP contribution in [-0.2, 0) is 0 Å². The minimum atomic E-state index is 0.750. The smallest absolute Gasteiger partial charge is 0.0106 e. The van der Waals surface area contributed by atoms with Crippen molar-refractivity contribution >= 4 is 0 Å². The molecule has 0 bridgehead atoms. The van der Waals surface area contributed by atoms with E-state index >= 15 is 0 Å². The molecule has 0 aliphatic rings. The second-order valence-corrected chi connectivity index (χ2v) is 5.26. The van der Waals surface area contributed by atoms with Crippen LogP contribution in [0.1, 0.15) is 75.7 Å². The maximum Gasteiger partial charge on any atom is 0.0106 e. The number of nitrogens with two attached hydrogens (primary N) is 1. The predicted molar refractivity (Wildman–Crippen MR) is 132 cm³/mol. The van der Waals surface area contributed by atoms with Gasteiger partial charge in [-0.3, -0.25) is 0 Å². The van der Waals surface area contributed by atoms with Gasteiger partial charge in [0.05, 0.1) is 0 Å². The van der Waals surface area contributed by atoms with Crippen molar-refractivity contribution in [2.75, 3.05) is 73.5 Å². The van der Waals surface area contributed by atoms with Crippen molar-refractivity contribution < 1.29 is 0 Å². The summed E-state index contributed by atoms with van der Waals surface area (Å²) in [7, 11) is 6.24. The lowest BCUT2D eigenvalue weighted by molar-refractivity contribution is 0.271. The molecular formula is C22H61N5. The summed E-state index contributed by atoms with van der Waals surface area (Å²) in [6.45, 7) is 29.4. The SMILES string of the molecule is CC.CC.CCCNCC.CCN.CCN(C)CCN(C)CC.CCNC. The lowest BCUT2D eigenvalue weighted by atomic mass is 10.5. The molecule has 27 heavy (non-hydrogen) atoms. The molecule has 0 unspecified atom stereocenters. The number of likely N-dealkylation sites (N-methyl/N-ethyl adjacent to an activating group) is 2. The van der Waals surface area contributed by atoms with Crippen LogP contribution in [0, 0.1) is 0 Å². The molecule has 0 aliphatic heterocycles. The second-order valence-electron chi connectivity index (χ2n) is 5.26. The molecule has 0 rings (SSSR count). The topological polar surface area (TPSA) is 56.6 Å². The summed E-state index contributed by atoms with van der Waals surface area (Å²) in [6.07, 6.45) is 1.24. The molecule has 0 spiro atoms. The number of hydrogen-bond donors (Lipinski definition) is 3. The maximum atomic E-state index is 4.85. The molecule has 174 valence electrons. The minimum absolute atomic E-state index is 0.750. The van der Waals surface area contributed by atoms with Gasteiger partial charge in [0.15, 0.2) is 0 Å². The van der Waals surface area contributed by atoms with Crippen LogP contribution in [0.4, 0.5) is 0 Å². The van der Waals surface area contributed by atoms with Gasteiger partial charge in [-0.05, 0) is 66.8 Å². The molecule has 5 nitrogen and oxygen atoms in total. The summed E-state index contributed by atoms with van der Waals surface area (Å²) in [5, 5.41) is 6.13. The molecule has 0 aromatic rings. The highest BCUT2D eigenvalue weighted by molar-refractivity contribution is 4.52. The van der Waals surface area contributed by atoms with E-state index in [4.69, 9.17) is 5.73 Å². The van der Waals surface area contributed by atoms with Gasteiger partial charge in [0.1, 0.15) is 0 Å². The molecule has 0 radical (unpaired) electrons. The number of nitrogens with zero attached hydrogens (tertiary/aromatic N) is 2. The van der Waals surface area contributed by atoms with Crippen molar-refractivity contribution in [1.29, 1.82) is 0 Å². The van der Waals surface area contributed by atoms with E-state index in [2.05, 4.69) is 69.1 Å². The van der Waals surface area contributed by atoms with Gasteiger partial charge in [-0.1, -0.05) is 69.2 Å². The first kappa shape index (κ1) is 41.2. The summed E-state index contributed by atoms with van der Waals surface area (Å²) in [5.74, 6) is 0. The van der Waals surface area contributed by atoms with Crippen LogP contribution in [0.25, 0.3) is 0 Å². The fourth-order valence-corrected chi connectivity index (χ4v) is 1.01. The summed E-state index contributed by atoms with van der Waals surface area (Å²) >= 11 is 0. The van der Waals surface area contributed by atoms with Crippen LogP contribution < -0.4 is 16.4 Å². The molecule has 0 amide bonds. The van der Waals surface area contributed by atoms with Gasteiger partial charge >= 0.3 is 0 Å². The number of hydrogen-bond acceptors (Lipinski definition) is 5. The van der Waals surface area contributed by atoms with E-state index in [0.717, 1.165) is 39.3 Å². The fourth-order valence-electron chi connectivity index (χ4n) is 1.01. The van der Waals surface area contributed by atoms with E-state index in [0.29, 0.717) is 0 Å². The molecule has 0 aromatic carbocycles. The highest BCUT2D eigenvalue weighted by Gasteiger charge is 1.96. The average molecular weight is 396 g/mol. The Balaban J connectivity index is -0.0000000557. The van der Waals surface area contributed by atoms with Gasteiger partial charge in [0.25, 0.3) is 0 Å². The van der Waals surface area contributed by atoms with E-state index in [-0.39, 0.29) is 0 Å². The molecule has 0 aromatic heterocycles. The molecule has 0 heterocycles. The summed E-state index contributed by atoms with van der Waals surface area (Å²) < 4.78 is 0. The summed E-state index contributed by atoms with van der Waals surface area (Å²) in [4.78, 5) is 4.65. The minimum Gasteiger partial charge on any atom is -0.331 e. The van der Waals surface area contributed by atoms with E-state index in [1.54, 1.807) is 0 Å². The zero-order valence-electron chi connectivity index (χ0n) is 21.8. The normalized spacial score (nSPS) is 8.44. The third-order valence-corrected chi connectivity index (χ3v) is 2.97. The van der Waals surface area contributed by atoms with E-state index in [1.165, 1.54) is 19.5 Å². The van der Waals surface area contributed by atoms with Crippen molar-refractivity contribution in [2.24, 2.45) is 5.73 Å². The zero-order valence-corrected chi connectivity index (χ0v) is 21.8. The van der Waals surface area contributed by atoms with Gasteiger partial charge in [-0.25, -0.2) is 0 Å². The van der Waals surface area contributed by atoms with Crippen molar-refractivity contribution in [3.63, 3.8) is 0 Å². The first-order chi connectivity index (χ1) is 12.9. The molecule has 0 saturated carbocycles. The van der Waals surface area contributed by atoms with E-state index in [9.17, 15) is 0 Å². The van der Waals surface area contributed by atoms with Crippen LogP contribution in [0.3, 0.4) is 0 Å². The van der Waals surface area contributed by atoms with Gasteiger partial charge < -0.3 is 26.2 Å². The Hall–Kier alpha value is -0.200. The van der Waals surface area contributed by atoms with Crippen LogP contribution in [0.15, 0.2) is 0 Å². The molecule has 0 aliphatic carbocycles. The standard InChI is InChI=1S/C8H20N2.C5H13N.C3H9N.C2H7N.2C2H6/c1-5-9(3)7-8-10(4)6-2;1-3-5-6-4-2;1-3-4-2;1-2-3;2*1-2/h5-8H2,1-4H3;6H,3-5H2,1-2H3;4H,3H2,1-2H3;2-3H2,1H3;2*1-2H3. The second kappa shape index (κ2) is 56.2. The molecule has 0 atom stereocenters. The largest absolute Gasteiger partial charge is 0.331 e. The molecule has 5 heteroatoms. The number of nitrogens with one attached hydrogen (secondary N) is 2. The first-order valence-electron chi connectivity index (χ1n) is 11.4. The zero-order chi connectivity index (χ0) is 22.9. The molecular weight excluding hydrogens is 334 g/mol. The lowest BCUT2D eigenvalue weighted by Gasteiger charge is -2.18. The first-order valence-corrected chi connectivity index (χ1v) is 11.4. The maximum absolute atomic E-state index is 4.85. The van der Waals surface area contributed by atoms with Crippen molar-refractivity contribution in [1.82, 2.24) is 20.4 Å². The molecule has 4 N–H and O–H groups in total. The predicted octanol–water partition coefficient (Wildman–Crippen LogP) is 4.14. The summed E-state index contributed by atoms with van der Waals surface area (Å²) in [6, 6.07) is 0. The Kier molecular flexibility index (Phi) is 85.9. The third-order valence-electron chi connectivity index (χ3n) is 2.97. The van der Waals surface area contributed by atoms with Crippen LogP contribution in [-0.4, -0.2) is 83.3 Å². The quantitative estimate of drug-likeness (QED) is 0.512. The van der Waals surface area contributed by atoms with Crippen LogP contribution in [0.2, 0.25) is 0 Å². The van der Waals surface area contributed by atoms with Crippen LogP contribution in [0.5, 0.6) is 0 Å². The Morgan fingerprint density at radius 1 is 0.704 bits per heavy atom. The van der Waals surface area contributed by atoms with Crippen molar-refractivity contribution in [2.45, 2.75) is 75.7 Å². The Morgan fingerprint density at radius 3 is 1.11 bits per heavy atom. The molecule has 0 saturated heterocycles. The average Bonchev–Trinajstić information content (AvgIpc) is 2.74. The monoisotopic (exact) mass is 395 g/mol. The van der Waals surface area contributed by atoms with Crippen LogP contribution >= 0.6 is 0 Å². The highest BCUT2D eigenvalue weighted by atomic mass is 15.2. The highest BCUT2D eigenvalue weighted by Crippen LogP contribution is 1.84. The van der Waals surface area contributed by atoms with Gasteiger partial charge in [-0.2, -0.15) is 0 Å². The van der Waals surface area contributed by atoms with E-state index < -0.39 is 0 Å². The third kappa shape index (κ3) is 89.2. The van der Waals surface area contributed by atoms with E-state index in [1.807, 2.05) is 41.7 Å². The van der Waals surface area contributed by atoms with Gasteiger partial charge in [0, 0.05) is 13.1 Å². The van der Waals surface area contributed by atoms with Crippen molar-refractivity contribution in [3.05, 3.63) is 0 Å². The lowest BCUT2D eigenvalue weighted by Crippen LogP contribution is -2.30.